The Bertz CT molecular complexity index is 1200. The summed E-state index contributed by atoms with van der Waals surface area (Å²) in [6, 6.07) is 13.4. The van der Waals surface area contributed by atoms with Crippen LogP contribution < -0.4 is 10.9 Å². The molecule has 29 heavy (non-hydrogen) atoms. The molecule has 0 saturated heterocycles. The lowest BCUT2D eigenvalue weighted by Gasteiger charge is -2.09. The highest BCUT2D eigenvalue weighted by molar-refractivity contribution is 6.30. The van der Waals surface area contributed by atoms with Crippen LogP contribution in [0.15, 0.2) is 59.7 Å². The number of halogens is 1. The molecule has 0 aliphatic heterocycles. The zero-order chi connectivity index (χ0) is 21.0. The number of nitrogens with zero attached hydrogens (tertiary/aromatic N) is 4. The normalized spacial score (nSPS) is 10.2. The van der Waals surface area contributed by atoms with Crippen molar-refractivity contribution in [2.75, 3.05) is 5.32 Å². The van der Waals surface area contributed by atoms with E-state index >= 15 is 0 Å². The third-order valence-corrected chi connectivity index (χ3v) is 4.19. The summed E-state index contributed by atoms with van der Waals surface area (Å²) in [7, 11) is 0. The van der Waals surface area contributed by atoms with E-state index < -0.39 is 16.4 Å². The fraction of sp³-hybridized carbons (Fsp3) is 0.0526. The predicted octanol–water partition coefficient (Wildman–Crippen LogP) is 2.98. The van der Waals surface area contributed by atoms with Crippen molar-refractivity contribution in [3.05, 3.63) is 85.9 Å². The monoisotopic (exact) mass is 409 g/mol. The number of aromatic nitrogens is 2. The molecule has 1 N–H and O–H groups in total. The molecule has 0 unspecified atom stereocenters. The quantitative estimate of drug-likeness (QED) is 0.509. The lowest BCUT2D eigenvalue weighted by molar-refractivity contribution is -0.384. The molecule has 0 spiro atoms. The zero-order valence-electron chi connectivity index (χ0n) is 14.7. The molecule has 0 saturated carbocycles. The van der Waals surface area contributed by atoms with E-state index in [1.807, 2.05) is 0 Å². The Morgan fingerprint density at radius 2 is 1.97 bits per heavy atom. The highest BCUT2D eigenvalue weighted by Gasteiger charge is 2.13. The van der Waals surface area contributed by atoms with Gasteiger partial charge in [-0.15, -0.1) is 0 Å². The van der Waals surface area contributed by atoms with Gasteiger partial charge in [0, 0.05) is 28.8 Å². The van der Waals surface area contributed by atoms with Gasteiger partial charge in [0.2, 0.25) is 5.91 Å². The molecule has 3 rings (SSSR count). The summed E-state index contributed by atoms with van der Waals surface area (Å²) in [5.74, 6) is -0.585. The van der Waals surface area contributed by atoms with Gasteiger partial charge in [0.05, 0.1) is 28.2 Å². The van der Waals surface area contributed by atoms with Crippen LogP contribution in [0.4, 0.5) is 11.4 Å². The molecule has 1 heterocycles. The number of non-ortho nitro benzene ring substituents is 1. The van der Waals surface area contributed by atoms with Crippen LogP contribution in [0.2, 0.25) is 5.02 Å². The molecule has 0 fully saturated rings. The predicted molar refractivity (Wildman–Crippen MR) is 105 cm³/mol. The molecule has 0 atom stereocenters. The van der Waals surface area contributed by atoms with Gasteiger partial charge in [-0.25, -0.2) is 4.98 Å². The minimum atomic E-state index is -0.639. The van der Waals surface area contributed by atoms with E-state index in [4.69, 9.17) is 16.9 Å². The van der Waals surface area contributed by atoms with Gasteiger partial charge < -0.3 is 5.32 Å². The number of nitrogens with one attached hydrogen (secondary N) is 1. The van der Waals surface area contributed by atoms with Gasteiger partial charge in [-0.3, -0.25) is 24.3 Å². The minimum Gasteiger partial charge on any atom is -0.323 e. The summed E-state index contributed by atoms with van der Waals surface area (Å²) in [5.41, 5.74) is 0.484. The maximum absolute atomic E-state index is 12.3. The van der Waals surface area contributed by atoms with Crippen molar-refractivity contribution in [2.45, 2.75) is 6.54 Å². The Kier molecular flexibility index (Phi) is 5.66. The summed E-state index contributed by atoms with van der Waals surface area (Å²) in [4.78, 5) is 38.9. The number of carbonyl (C=O) groups excluding carboxylic acids is 1. The molecule has 0 aliphatic carbocycles. The van der Waals surface area contributed by atoms with Gasteiger partial charge in [0.15, 0.2) is 0 Å². The van der Waals surface area contributed by atoms with E-state index in [0.29, 0.717) is 16.3 Å². The van der Waals surface area contributed by atoms with Crippen LogP contribution >= 0.6 is 11.6 Å². The van der Waals surface area contributed by atoms with Crippen LogP contribution in [0, 0.1) is 21.4 Å². The van der Waals surface area contributed by atoms with Crippen LogP contribution in [0.1, 0.15) is 5.56 Å². The van der Waals surface area contributed by atoms with E-state index in [-0.39, 0.29) is 23.5 Å². The summed E-state index contributed by atoms with van der Waals surface area (Å²) in [5, 5.41) is 22.9. The second kappa shape index (κ2) is 8.33. The smallest absolute Gasteiger partial charge is 0.270 e. The number of hydrogen-bond acceptors (Lipinski definition) is 6. The minimum absolute atomic E-state index is 0.0592. The molecule has 10 heteroatoms. The fourth-order valence-electron chi connectivity index (χ4n) is 2.51. The second-order valence-corrected chi connectivity index (χ2v) is 6.33. The zero-order valence-corrected chi connectivity index (χ0v) is 15.5. The van der Waals surface area contributed by atoms with Crippen LogP contribution in [0.25, 0.3) is 11.3 Å². The lowest BCUT2D eigenvalue weighted by Crippen LogP contribution is -2.27. The highest BCUT2D eigenvalue weighted by atomic mass is 35.5. The van der Waals surface area contributed by atoms with Crippen molar-refractivity contribution in [2.24, 2.45) is 0 Å². The molecular weight excluding hydrogens is 398 g/mol. The third kappa shape index (κ3) is 4.63. The number of nitro groups is 1. The second-order valence-electron chi connectivity index (χ2n) is 5.89. The van der Waals surface area contributed by atoms with E-state index in [9.17, 15) is 19.7 Å². The SMILES string of the molecule is N#Cc1cc([N+](=O)[O-])ccc1NC(=O)Cn1cnc(-c2ccc(Cl)cc2)cc1=O. The van der Waals surface area contributed by atoms with Gasteiger partial charge in [-0.1, -0.05) is 23.7 Å². The van der Waals surface area contributed by atoms with Crippen molar-refractivity contribution in [3.63, 3.8) is 0 Å². The number of benzene rings is 2. The Labute approximate surface area is 169 Å². The van der Waals surface area contributed by atoms with Crippen LogP contribution in [-0.2, 0) is 11.3 Å². The van der Waals surface area contributed by atoms with Crippen molar-refractivity contribution in [3.8, 4) is 17.3 Å². The molecule has 1 amide bonds. The Hall–Kier alpha value is -4.03. The molecule has 3 aromatic rings. The van der Waals surface area contributed by atoms with E-state index in [1.165, 1.54) is 24.5 Å². The number of nitro benzene ring substituents is 1. The number of anilines is 1. The number of hydrogen-bond donors (Lipinski definition) is 1. The molecular formula is C19H12ClN5O4. The van der Waals surface area contributed by atoms with Crippen LogP contribution in [0.3, 0.4) is 0 Å². The average Bonchev–Trinajstić information content (AvgIpc) is 2.70. The van der Waals surface area contributed by atoms with Crippen molar-refractivity contribution in [1.29, 1.82) is 5.26 Å². The van der Waals surface area contributed by atoms with Gasteiger partial charge in [-0.2, -0.15) is 5.26 Å². The molecule has 0 aliphatic rings. The molecule has 0 bridgehead atoms. The fourth-order valence-corrected chi connectivity index (χ4v) is 2.64. The number of carbonyl (C=O) groups is 1. The standard InChI is InChI=1S/C19H12ClN5O4/c20-14-3-1-12(2-4-14)17-8-19(27)24(11-22-17)10-18(26)23-16-6-5-15(25(28)29)7-13(16)9-21/h1-8,11H,10H2,(H,23,26). The molecule has 2 aromatic carbocycles. The van der Waals surface area contributed by atoms with Crippen LogP contribution in [0.5, 0.6) is 0 Å². The van der Waals surface area contributed by atoms with Crippen molar-refractivity contribution < 1.29 is 9.72 Å². The van der Waals surface area contributed by atoms with Gasteiger partial charge in [0.1, 0.15) is 12.6 Å². The largest absolute Gasteiger partial charge is 0.323 e. The van der Waals surface area contributed by atoms with E-state index in [2.05, 4.69) is 10.3 Å². The van der Waals surface area contributed by atoms with Gasteiger partial charge in [0.25, 0.3) is 11.2 Å². The van der Waals surface area contributed by atoms with Gasteiger partial charge in [-0.05, 0) is 18.2 Å². The molecule has 9 nitrogen and oxygen atoms in total. The third-order valence-electron chi connectivity index (χ3n) is 3.94. The van der Waals surface area contributed by atoms with Crippen LogP contribution in [-0.4, -0.2) is 20.4 Å². The summed E-state index contributed by atoms with van der Waals surface area (Å²) < 4.78 is 1.10. The number of nitriles is 1. The first-order valence-corrected chi connectivity index (χ1v) is 8.56. The Balaban J connectivity index is 1.76. The lowest BCUT2D eigenvalue weighted by atomic mass is 10.1. The topological polar surface area (TPSA) is 131 Å². The van der Waals surface area contributed by atoms with Crippen molar-refractivity contribution >= 4 is 28.9 Å². The number of amides is 1. The summed E-state index contributed by atoms with van der Waals surface area (Å²) in [6.07, 6.45) is 1.24. The van der Waals surface area contributed by atoms with Crippen molar-refractivity contribution in [1.82, 2.24) is 9.55 Å². The Morgan fingerprint density at radius 3 is 2.59 bits per heavy atom. The highest BCUT2D eigenvalue weighted by Crippen LogP contribution is 2.21. The number of rotatable bonds is 5. The van der Waals surface area contributed by atoms with E-state index in [1.54, 1.807) is 30.3 Å². The molecule has 0 radical (unpaired) electrons. The first kappa shape index (κ1) is 19.7. The average molecular weight is 410 g/mol. The maximum Gasteiger partial charge on any atom is 0.270 e. The first-order valence-electron chi connectivity index (χ1n) is 8.18. The van der Waals surface area contributed by atoms with Gasteiger partial charge >= 0.3 is 0 Å². The molecule has 1 aromatic heterocycles. The molecule has 144 valence electrons. The Morgan fingerprint density at radius 1 is 1.24 bits per heavy atom. The first-order chi connectivity index (χ1) is 13.9. The maximum atomic E-state index is 12.3. The van der Waals surface area contributed by atoms with E-state index in [0.717, 1.165) is 10.6 Å². The summed E-state index contributed by atoms with van der Waals surface area (Å²) in [6.45, 7) is -0.339. The summed E-state index contributed by atoms with van der Waals surface area (Å²) >= 11 is 5.84.